The summed E-state index contributed by atoms with van der Waals surface area (Å²) in [6.07, 6.45) is 0. The van der Waals surface area contributed by atoms with E-state index in [4.69, 9.17) is 21.4 Å². The van der Waals surface area contributed by atoms with Crippen LogP contribution in [0.3, 0.4) is 0 Å². The third-order valence-electron chi connectivity index (χ3n) is 2.05. The Morgan fingerprint density at radius 2 is 2.35 bits per heavy atom. The first-order valence-electron chi connectivity index (χ1n) is 4.70. The molecule has 0 radical (unpaired) electrons. The summed E-state index contributed by atoms with van der Waals surface area (Å²) in [5.74, 6) is -0.893. The van der Waals surface area contributed by atoms with E-state index in [0.717, 1.165) is 5.69 Å². The van der Waals surface area contributed by atoms with Gasteiger partial charge in [-0.25, -0.2) is 9.78 Å². The minimum Gasteiger partial charge on any atom is -0.485 e. The first-order valence-corrected chi connectivity index (χ1v) is 6.02. The number of carboxylic acids is 1. The molecule has 0 atom stereocenters. The van der Waals surface area contributed by atoms with E-state index >= 15 is 0 Å². The molecule has 0 spiro atoms. The quantitative estimate of drug-likeness (QED) is 0.927. The lowest BCUT2D eigenvalue weighted by Gasteiger charge is -2.09. The van der Waals surface area contributed by atoms with Crippen LogP contribution in [-0.4, -0.2) is 16.1 Å². The zero-order chi connectivity index (χ0) is 12.3. The van der Waals surface area contributed by atoms with Crippen molar-refractivity contribution in [1.29, 1.82) is 0 Å². The molecule has 0 saturated carbocycles. The van der Waals surface area contributed by atoms with Crippen LogP contribution < -0.4 is 4.74 Å². The number of halogens is 1. The monoisotopic (exact) mass is 269 g/mol. The predicted octanol–water partition coefficient (Wildman–Crippen LogP) is 3.07. The Labute approximate surface area is 106 Å². The van der Waals surface area contributed by atoms with E-state index in [9.17, 15) is 4.79 Å². The van der Waals surface area contributed by atoms with E-state index < -0.39 is 5.97 Å². The first-order chi connectivity index (χ1) is 8.18. The fraction of sp³-hybridized carbons (Fsp3) is 0.0909. The molecule has 1 aromatic heterocycles. The number of nitrogens with zero attached hydrogens (tertiary/aromatic N) is 1. The molecule has 0 bridgehead atoms. The van der Waals surface area contributed by atoms with Gasteiger partial charge in [0, 0.05) is 5.38 Å². The predicted molar refractivity (Wildman–Crippen MR) is 64.9 cm³/mol. The summed E-state index contributed by atoms with van der Waals surface area (Å²) in [6, 6.07) is 4.61. The Morgan fingerprint density at radius 3 is 3.00 bits per heavy atom. The summed E-state index contributed by atoms with van der Waals surface area (Å²) in [7, 11) is 0. The Balaban J connectivity index is 2.22. The molecule has 88 valence electrons. The van der Waals surface area contributed by atoms with Gasteiger partial charge in [0.15, 0.2) is 5.75 Å². The van der Waals surface area contributed by atoms with Crippen LogP contribution in [0.5, 0.6) is 5.75 Å². The molecule has 0 unspecified atom stereocenters. The summed E-state index contributed by atoms with van der Waals surface area (Å²) in [4.78, 5) is 15.0. The molecule has 0 fully saturated rings. The van der Waals surface area contributed by atoms with Crippen molar-refractivity contribution in [2.45, 2.75) is 6.61 Å². The van der Waals surface area contributed by atoms with Gasteiger partial charge in [-0.3, -0.25) is 0 Å². The third kappa shape index (κ3) is 2.75. The Kier molecular flexibility index (Phi) is 3.61. The average molecular weight is 270 g/mol. The summed E-state index contributed by atoms with van der Waals surface area (Å²) in [5.41, 5.74) is 2.47. The second kappa shape index (κ2) is 5.16. The highest BCUT2D eigenvalue weighted by Crippen LogP contribution is 2.29. The van der Waals surface area contributed by atoms with Crippen molar-refractivity contribution in [2.24, 2.45) is 0 Å². The zero-order valence-corrected chi connectivity index (χ0v) is 10.2. The summed E-state index contributed by atoms with van der Waals surface area (Å²) in [5, 5.41) is 11.1. The van der Waals surface area contributed by atoms with Crippen LogP contribution in [0.2, 0.25) is 5.02 Å². The first kappa shape index (κ1) is 11.9. The number of rotatable bonds is 4. The van der Waals surface area contributed by atoms with Gasteiger partial charge < -0.3 is 9.84 Å². The SMILES string of the molecule is O=C(O)c1cccc(Cl)c1OCc1cscn1. The maximum Gasteiger partial charge on any atom is 0.339 e. The zero-order valence-electron chi connectivity index (χ0n) is 8.59. The molecule has 0 aliphatic rings. The Morgan fingerprint density at radius 1 is 1.53 bits per heavy atom. The fourth-order valence-electron chi connectivity index (χ4n) is 1.28. The molecular formula is C11H8ClNO3S. The number of aromatic nitrogens is 1. The lowest BCUT2D eigenvalue weighted by molar-refractivity contribution is 0.0691. The summed E-state index contributed by atoms with van der Waals surface area (Å²) < 4.78 is 5.40. The normalized spacial score (nSPS) is 10.2. The van der Waals surface area contributed by atoms with Crippen molar-refractivity contribution in [3.63, 3.8) is 0 Å². The van der Waals surface area contributed by atoms with E-state index in [2.05, 4.69) is 4.98 Å². The maximum absolute atomic E-state index is 11.0. The molecule has 1 heterocycles. The second-order valence-corrected chi connectivity index (χ2v) is 4.32. The number of benzene rings is 1. The molecule has 2 aromatic rings. The summed E-state index contributed by atoms with van der Waals surface area (Å²) >= 11 is 7.36. The molecule has 0 aliphatic carbocycles. The minimum absolute atomic E-state index is 0.0488. The van der Waals surface area contributed by atoms with Crippen LogP contribution in [0.4, 0.5) is 0 Å². The largest absolute Gasteiger partial charge is 0.485 e. The molecule has 17 heavy (non-hydrogen) atoms. The van der Waals surface area contributed by atoms with Gasteiger partial charge in [0.05, 0.1) is 16.2 Å². The molecular weight excluding hydrogens is 262 g/mol. The summed E-state index contributed by atoms with van der Waals surface area (Å²) in [6.45, 7) is 0.202. The number of hydrogen-bond donors (Lipinski definition) is 1. The minimum atomic E-state index is -1.07. The van der Waals surface area contributed by atoms with Gasteiger partial charge in [0.2, 0.25) is 0 Å². The average Bonchev–Trinajstić information content (AvgIpc) is 2.80. The second-order valence-electron chi connectivity index (χ2n) is 3.19. The highest BCUT2D eigenvalue weighted by Gasteiger charge is 2.14. The van der Waals surface area contributed by atoms with E-state index in [0.29, 0.717) is 0 Å². The Hall–Kier alpha value is -1.59. The molecule has 0 aliphatic heterocycles. The highest BCUT2D eigenvalue weighted by atomic mass is 35.5. The smallest absolute Gasteiger partial charge is 0.339 e. The number of carboxylic acid groups (broad SMARTS) is 1. The van der Waals surface area contributed by atoms with Gasteiger partial charge in [0.1, 0.15) is 12.2 Å². The van der Waals surface area contributed by atoms with E-state index in [1.165, 1.54) is 17.4 Å². The van der Waals surface area contributed by atoms with Gasteiger partial charge in [-0.1, -0.05) is 17.7 Å². The van der Waals surface area contributed by atoms with Gasteiger partial charge in [0.25, 0.3) is 0 Å². The van der Waals surface area contributed by atoms with Crippen LogP contribution in [-0.2, 0) is 6.61 Å². The molecule has 1 N–H and O–H groups in total. The maximum atomic E-state index is 11.0. The van der Waals surface area contributed by atoms with E-state index in [1.54, 1.807) is 17.6 Å². The van der Waals surface area contributed by atoms with E-state index in [1.807, 2.05) is 5.38 Å². The van der Waals surface area contributed by atoms with Crippen LogP contribution >= 0.6 is 22.9 Å². The molecule has 0 saturated heterocycles. The number of aromatic carboxylic acids is 1. The number of hydrogen-bond acceptors (Lipinski definition) is 4. The lowest BCUT2D eigenvalue weighted by Crippen LogP contribution is -2.04. The van der Waals surface area contributed by atoms with Crippen LogP contribution in [0.15, 0.2) is 29.1 Å². The standard InChI is InChI=1S/C11H8ClNO3S/c12-9-3-1-2-8(11(14)15)10(9)16-4-7-5-17-6-13-7/h1-3,5-6H,4H2,(H,14,15). The number of ether oxygens (including phenoxy) is 1. The lowest BCUT2D eigenvalue weighted by atomic mass is 10.2. The third-order valence-corrected chi connectivity index (χ3v) is 2.98. The van der Waals surface area contributed by atoms with Crippen LogP contribution in [0, 0.1) is 0 Å². The molecule has 1 aromatic carbocycles. The topological polar surface area (TPSA) is 59.4 Å². The molecule has 0 amide bonds. The van der Waals surface area contributed by atoms with E-state index in [-0.39, 0.29) is 22.9 Å². The molecule has 6 heteroatoms. The van der Waals surface area contributed by atoms with Crippen molar-refractivity contribution in [3.8, 4) is 5.75 Å². The van der Waals surface area contributed by atoms with Gasteiger partial charge >= 0.3 is 5.97 Å². The molecule has 2 rings (SSSR count). The van der Waals surface area contributed by atoms with Crippen LogP contribution in [0.25, 0.3) is 0 Å². The van der Waals surface area contributed by atoms with Crippen molar-refractivity contribution < 1.29 is 14.6 Å². The number of thiazole rings is 1. The van der Waals surface area contributed by atoms with Crippen molar-refractivity contribution in [1.82, 2.24) is 4.98 Å². The Bertz CT molecular complexity index is 528. The van der Waals surface area contributed by atoms with Gasteiger partial charge in [-0.15, -0.1) is 11.3 Å². The van der Waals surface area contributed by atoms with Gasteiger partial charge in [-0.05, 0) is 12.1 Å². The van der Waals surface area contributed by atoms with Crippen molar-refractivity contribution in [3.05, 3.63) is 45.4 Å². The fourth-order valence-corrected chi connectivity index (χ4v) is 2.05. The molecule has 4 nitrogen and oxygen atoms in total. The number of para-hydroxylation sites is 1. The van der Waals surface area contributed by atoms with Crippen molar-refractivity contribution in [2.75, 3.05) is 0 Å². The van der Waals surface area contributed by atoms with Crippen LogP contribution in [0.1, 0.15) is 16.1 Å². The number of carbonyl (C=O) groups is 1. The van der Waals surface area contributed by atoms with Gasteiger partial charge in [-0.2, -0.15) is 0 Å². The highest BCUT2D eigenvalue weighted by molar-refractivity contribution is 7.07. The van der Waals surface area contributed by atoms with Crippen molar-refractivity contribution >= 4 is 28.9 Å².